The van der Waals surface area contributed by atoms with Gasteiger partial charge in [0.15, 0.2) is 6.10 Å². The molecular formula is C13H26O4. The Morgan fingerprint density at radius 2 is 1.65 bits per heavy atom. The van der Waals surface area contributed by atoms with Gasteiger partial charge in [-0.3, -0.25) is 0 Å². The molecule has 0 aliphatic rings. The third kappa shape index (κ3) is 6.64. The second-order valence-corrected chi connectivity index (χ2v) is 6.60. The first-order valence-corrected chi connectivity index (χ1v) is 6.03. The monoisotopic (exact) mass is 246 g/mol. The fraction of sp³-hybridized carbons (Fsp3) is 0.923. The largest absolute Gasteiger partial charge is 0.479 e. The van der Waals surface area contributed by atoms with Crippen LogP contribution in [0.25, 0.3) is 0 Å². The molecule has 0 fully saturated rings. The summed E-state index contributed by atoms with van der Waals surface area (Å²) in [5.74, 6) is -0.579. The predicted octanol–water partition coefficient (Wildman–Crippen LogP) is 3.26. The molecule has 0 aromatic carbocycles. The van der Waals surface area contributed by atoms with Gasteiger partial charge in [0, 0.05) is 5.41 Å². The van der Waals surface area contributed by atoms with E-state index in [4.69, 9.17) is 9.78 Å². The molecule has 0 aliphatic heterocycles. The van der Waals surface area contributed by atoms with Gasteiger partial charge in [0.2, 0.25) is 0 Å². The first-order valence-electron chi connectivity index (χ1n) is 6.03. The minimum atomic E-state index is -0.986. The molecule has 1 N–H and O–H groups in total. The molecule has 17 heavy (non-hydrogen) atoms. The van der Waals surface area contributed by atoms with Crippen LogP contribution in [0, 0.1) is 11.3 Å². The molecule has 1 unspecified atom stereocenters. The minimum absolute atomic E-state index is 0.407. The van der Waals surface area contributed by atoms with Crippen LogP contribution in [0.3, 0.4) is 0 Å². The zero-order chi connectivity index (χ0) is 13.9. The smallest absolute Gasteiger partial charge is 0.336 e. The summed E-state index contributed by atoms with van der Waals surface area (Å²) in [5.41, 5.74) is -0.979. The van der Waals surface area contributed by atoms with Crippen molar-refractivity contribution in [1.29, 1.82) is 0 Å². The van der Waals surface area contributed by atoms with E-state index in [1.807, 2.05) is 34.6 Å². The molecule has 0 saturated heterocycles. The maximum atomic E-state index is 11.2. The fourth-order valence-corrected chi connectivity index (χ4v) is 1.86. The summed E-state index contributed by atoms with van der Waals surface area (Å²) in [7, 11) is 0. The van der Waals surface area contributed by atoms with Crippen LogP contribution in [-0.4, -0.2) is 22.8 Å². The molecular weight excluding hydrogens is 220 g/mol. The highest BCUT2D eigenvalue weighted by molar-refractivity contribution is 5.73. The van der Waals surface area contributed by atoms with E-state index in [0.717, 1.165) is 6.42 Å². The molecule has 102 valence electrons. The van der Waals surface area contributed by atoms with Crippen LogP contribution < -0.4 is 0 Å². The van der Waals surface area contributed by atoms with Gasteiger partial charge in [-0.05, 0) is 33.1 Å². The number of rotatable bonds is 6. The van der Waals surface area contributed by atoms with Crippen molar-refractivity contribution in [3.63, 3.8) is 0 Å². The summed E-state index contributed by atoms with van der Waals surface area (Å²) in [6.45, 7) is 13.4. The summed E-state index contributed by atoms with van der Waals surface area (Å²) >= 11 is 0. The predicted molar refractivity (Wildman–Crippen MR) is 66.6 cm³/mol. The third-order valence-corrected chi connectivity index (χ3v) is 2.26. The number of carboxylic acids is 1. The highest BCUT2D eigenvalue weighted by Gasteiger charge is 2.38. The van der Waals surface area contributed by atoms with E-state index in [1.54, 1.807) is 0 Å². The van der Waals surface area contributed by atoms with Crippen LogP contribution in [0.15, 0.2) is 0 Å². The molecule has 0 radical (unpaired) electrons. The van der Waals surface area contributed by atoms with E-state index in [0.29, 0.717) is 5.92 Å². The molecule has 0 aromatic rings. The highest BCUT2D eigenvalue weighted by atomic mass is 17.2. The van der Waals surface area contributed by atoms with E-state index in [1.165, 1.54) is 0 Å². The van der Waals surface area contributed by atoms with Crippen molar-refractivity contribution in [1.82, 2.24) is 0 Å². The Bertz CT molecular complexity index is 251. The number of aliphatic carboxylic acids is 1. The third-order valence-electron chi connectivity index (χ3n) is 2.26. The molecule has 1 atom stereocenters. The number of carbonyl (C=O) groups is 1. The van der Waals surface area contributed by atoms with Gasteiger partial charge in [0.25, 0.3) is 0 Å². The molecule has 0 heterocycles. The molecule has 0 amide bonds. The van der Waals surface area contributed by atoms with Gasteiger partial charge in [-0.1, -0.05) is 27.7 Å². The molecule has 0 bridgehead atoms. The maximum Gasteiger partial charge on any atom is 0.336 e. The lowest BCUT2D eigenvalue weighted by Gasteiger charge is -2.33. The van der Waals surface area contributed by atoms with E-state index < -0.39 is 23.1 Å². The number of hydrogen-bond donors (Lipinski definition) is 1. The van der Waals surface area contributed by atoms with E-state index in [-0.39, 0.29) is 0 Å². The Balaban J connectivity index is 4.68. The topological polar surface area (TPSA) is 55.8 Å². The lowest BCUT2D eigenvalue weighted by Crippen LogP contribution is -2.41. The second kappa shape index (κ2) is 5.83. The molecule has 0 rings (SSSR count). The van der Waals surface area contributed by atoms with Crippen LogP contribution in [0.2, 0.25) is 0 Å². The summed E-state index contributed by atoms with van der Waals surface area (Å²) < 4.78 is 0. The van der Waals surface area contributed by atoms with Gasteiger partial charge >= 0.3 is 5.97 Å². The molecule has 0 aromatic heterocycles. The summed E-state index contributed by atoms with van der Waals surface area (Å²) in [6, 6.07) is 0. The van der Waals surface area contributed by atoms with E-state index in [9.17, 15) is 9.90 Å². The highest BCUT2D eigenvalue weighted by Crippen LogP contribution is 2.32. The Morgan fingerprint density at radius 1 is 1.18 bits per heavy atom. The zero-order valence-electron chi connectivity index (χ0n) is 12.0. The SMILES string of the molecule is CC(C)CC(C)(C)C(OOC(C)(C)C)C(=O)O. The molecule has 4 heteroatoms. The lowest BCUT2D eigenvalue weighted by molar-refractivity contribution is -0.381. The summed E-state index contributed by atoms with van der Waals surface area (Å²) in [6.07, 6.45) is -0.193. The fourth-order valence-electron chi connectivity index (χ4n) is 1.86. The van der Waals surface area contributed by atoms with Gasteiger partial charge in [0.05, 0.1) is 5.60 Å². The molecule has 0 spiro atoms. The van der Waals surface area contributed by atoms with Gasteiger partial charge in [-0.2, -0.15) is 0 Å². The molecule has 0 saturated carbocycles. The van der Waals surface area contributed by atoms with Crippen LogP contribution in [0.1, 0.15) is 54.9 Å². The Labute approximate surface area is 104 Å². The minimum Gasteiger partial charge on any atom is -0.479 e. The van der Waals surface area contributed by atoms with Crippen LogP contribution >= 0.6 is 0 Å². The Kier molecular flexibility index (Phi) is 5.62. The second-order valence-electron chi connectivity index (χ2n) is 6.60. The van der Waals surface area contributed by atoms with E-state index in [2.05, 4.69) is 13.8 Å². The van der Waals surface area contributed by atoms with Crippen molar-refractivity contribution >= 4 is 5.97 Å². The van der Waals surface area contributed by atoms with Gasteiger partial charge in [-0.15, -0.1) is 0 Å². The molecule has 0 aliphatic carbocycles. The standard InChI is InChI=1S/C13H26O4/c1-9(2)8-13(6,7)10(11(14)15)16-17-12(3,4)5/h9-10H,8H2,1-7H3,(H,14,15). The Morgan fingerprint density at radius 3 is 1.94 bits per heavy atom. The van der Waals surface area contributed by atoms with Crippen molar-refractivity contribution in [2.45, 2.75) is 66.6 Å². The maximum absolute atomic E-state index is 11.2. The molecule has 4 nitrogen and oxygen atoms in total. The first-order chi connectivity index (χ1) is 7.46. The van der Waals surface area contributed by atoms with Gasteiger partial charge < -0.3 is 5.11 Å². The number of carboxylic acid groups (broad SMARTS) is 1. The van der Waals surface area contributed by atoms with Crippen molar-refractivity contribution in [2.24, 2.45) is 11.3 Å². The number of hydrogen-bond acceptors (Lipinski definition) is 3. The zero-order valence-corrected chi connectivity index (χ0v) is 12.0. The summed E-state index contributed by atoms with van der Waals surface area (Å²) in [4.78, 5) is 21.5. The Hall–Kier alpha value is -0.610. The van der Waals surface area contributed by atoms with E-state index >= 15 is 0 Å². The average molecular weight is 246 g/mol. The quantitative estimate of drug-likeness (QED) is 0.577. The van der Waals surface area contributed by atoms with Crippen LogP contribution in [0.5, 0.6) is 0 Å². The normalized spacial score (nSPS) is 15.1. The van der Waals surface area contributed by atoms with Crippen LogP contribution in [-0.2, 0) is 14.6 Å². The van der Waals surface area contributed by atoms with Gasteiger partial charge in [-0.25, -0.2) is 14.6 Å². The van der Waals surface area contributed by atoms with Crippen molar-refractivity contribution in [2.75, 3.05) is 0 Å². The summed E-state index contributed by atoms with van der Waals surface area (Å²) in [5, 5.41) is 9.21. The van der Waals surface area contributed by atoms with Gasteiger partial charge in [0.1, 0.15) is 0 Å². The van der Waals surface area contributed by atoms with Crippen molar-refractivity contribution in [3.05, 3.63) is 0 Å². The first kappa shape index (κ1) is 16.4. The van der Waals surface area contributed by atoms with Crippen molar-refractivity contribution in [3.8, 4) is 0 Å². The van der Waals surface area contributed by atoms with Crippen LogP contribution in [0.4, 0.5) is 0 Å². The lowest BCUT2D eigenvalue weighted by atomic mass is 9.79. The van der Waals surface area contributed by atoms with Crippen molar-refractivity contribution < 1.29 is 19.7 Å². The average Bonchev–Trinajstić information content (AvgIpc) is 1.96.